The minimum absolute atomic E-state index is 0.203. The molecule has 0 aliphatic heterocycles. The second-order valence-corrected chi connectivity index (χ2v) is 10.1. The van der Waals surface area contributed by atoms with Crippen molar-refractivity contribution in [2.75, 3.05) is 59.8 Å². The molecule has 0 heterocycles. The molecule has 3 aromatic rings. The van der Waals surface area contributed by atoms with Gasteiger partial charge in [-0.1, -0.05) is 0 Å². The number of ketones is 1. The van der Waals surface area contributed by atoms with Gasteiger partial charge in [-0.15, -0.1) is 0 Å². The topological polar surface area (TPSA) is 140 Å². The number of anilines is 2. The quantitative estimate of drug-likeness (QED) is 0.177. The maximum atomic E-state index is 13.0. The molecular weight excluding hydrogens is 580 g/mol. The molecule has 0 aliphatic carbocycles. The van der Waals surface area contributed by atoms with Crippen molar-refractivity contribution >= 4 is 33.3 Å². The number of hydrogen-bond donors (Lipinski definition) is 2. The van der Waals surface area contributed by atoms with Gasteiger partial charge in [0, 0.05) is 36.5 Å². The van der Waals surface area contributed by atoms with E-state index < -0.39 is 15.8 Å². The van der Waals surface area contributed by atoms with Gasteiger partial charge < -0.3 is 38.5 Å². The molecule has 0 spiro atoms. The van der Waals surface area contributed by atoms with Crippen molar-refractivity contribution in [1.82, 2.24) is 0 Å². The van der Waals surface area contributed by atoms with E-state index in [1.807, 2.05) is 0 Å². The molecule has 0 bridgehead atoms. The zero-order valence-corrected chi connectivity index (χ0v) is 25.7. The van der Waals surface area contributed by atoms with Gasteiger partial charge in [0.05, 0.1) is 72.1 Å². The molecule has 0 aliphatic rings. The zero-order valence-electron chi connectivity index (χ0n) is 24.8. The molecule has 0 saturated heterocycles. The molecule has 0 aromatic heterocycles. The lowest BCUT2D eigenvalue weighted by molar-refractivity contribution is 0.104. The molecule has 3 rings (SSSR count). The number of rotatable bonds is 15. The lowest BCUT2D eigenvalue weighted by Crippen LogP contribution is -2.09. The molecule has 12 nitrogen and oxygen atoms in total. The predicted molar refractivity (Wildman–Crippen MR) is 164 cm³/mol. The second-order valence-electron chi connectivity index (χ2n) is 8.56. The number of hydrogen-bond acceptors (Lipinski definition) is 11. The lowest BCUT2D eigenvalue weighted by atomic mass is 10.1. The Morgan fingerprint density at radius 3 is 1.67 bits per heavy atom. The normalized spacial score (nSPS) is 11.2. The Labute approximate surface area is 250 Å². The largest absolute Gasteiger partial charge is 0.496 e. The average Bonchev–Trinajstić information content (AvgIpc) is 3.02. The molecule has 230 valence electrons. The lowest BCUT2D eigenvalue weighted by Gasteiger charge is -2.14. The highest BCUT2D eigenvalue weighted by molar-refractivity contribution is 7.95. The number of allylic oxidation sites excluding steroid dienone is 1. The molecule has 0 amide bonds. The first-order valence-electron chi connectivity index (χ1n) is 12.6. The van der Waals surface area contributed by atoms with Gasteiger partial charge in [0.15, 0.2) is 5.78 Å². The van der Waals surface area contributed by atoms with Crippen molar-refractivity contribution in [3.63, 3.8) is 0 Å². The van der Waals surface area contributed by atoms with Gasteiger partial charge in [-0.2, -0.15) is 0 Å². The molecule has 0 atom stereocenters. The summed E-state index contributed by atoms with van der Waals surface area (Å²) in [7, 11) is 6.25. The highest BCUT2D eigenvalue weighted by atomic mass is 32.2. The number of methoxy groups -OCH3 is 7. The second kappa shape index (κ2) is 14.7. The fraction of sp³-hybridized carbons (Fsp3) is 0.233. The van der Waals surface area contributed by atoms with Crippen LogP contribution in [0.25, 0.3) is 6.08 Å². The Morgan fingerprint density at radius 1 is 0.674 bits per heavy atom. The van der Waals surface area contributed by atoms with Crippen LogP contribution in [0.15, 0.2) is 60.1 Å². The molecule has 43 heavy (non-hydrogen) atoms. The van der Waals surface area contributed by atoms with Crippen molar-refractivity contribution in [3.8, 4) is 40.2 Å². The summed E-state index contributed by atoms with van der Waals surface area (Å²) in [6.07, 6.45) is 4.03. The van der Waals surface area contributed by atoms with Gasteiger partial charge >= 0.3 is 0 Å². The van der Waals surface area contributed by atoms with Crippen LogP contribution < -0.4 is 43.2 Å². The number of carbonyl (C=O) groups is 1. The van der Waals surface area contributed by atoms with Crippen molar-refractivity contribution < 1.29 is 46.4 Å². The summed E-state index contributed by atoms with van der Waals surface area (Å²) in [5, 5.41) is 3.95. The van der Waals surface area contributed by atoms with Crippen molar-refractivity contribution in [1.29, 1.82) is 0 Å². The number of nitrogens with one attached hydrogen (secondary N) is 2. The van der Waals surface area contributed by atoms with Crippen LogP contribution in [-0.2, 0) is 10.0 Å². The van der Waals surface area contributed by atoms with E-state index in [1.54, 1.807) is 30.3 Å². The van der Waals surface area contributed by atoms with Crippen LogP contribution in [0.4, 0.5) is 11.4 Å². The molecule has 0 fully saturated rings. The fourth-order valence-electron chi connectivity index (χ4n) is 3.98. The molecular formula is C30H34N2O10S. The van der Waals surface area contributed by atoms with E-state index in [-0.39, 0.29) is 22.7 Å². The van der Waals surface area contributed by atoms with Crippen molar-refractivity contribution in [2.24, 2.45) is 0 Å². The van der Waals surface area contributed by atoms with Crippen molar-refractivity contribution in [3.05, 3.63) is 71.3 Å². The molecule has 0 radical (unpaired) electrons. The van der Waals surface area contributed by atoms with Crippen LogP contribution >= 0.6 is 0 Å². The smallest absolute Gasteiger partial charge is 0.255 e. The SMILES string of the molecule is COc1cc(OC)c(/C=C/S(=O)(=O)Nc2ccc(OC)c(N/C=C\C(=O)c3c(OC)cc(OC)cc3OC)c2)c(OC)c1. The van der Waals surface area contributed by atoms with E-state index in [9.17, 15) is 13.2 Å². The van der Waals surface area contributed by atoms with E-state index >= 15 is 0 Å². The molecule has 0 unspecified atom stereocenters. The Balaban J connectivity index is 1.83. The van der Waals surface area contributed by atoms with E-state index in [1.165, 1.54) is 80.3 Å². The van der Waals surface area contributed by atoms with Crippen molar-refractivity contribution in [2.45, 2.75) is 0 Å². The highest BCUT2D eigenvalue weighted by Gasteiger charge is 2.19. The fourth-order valence-corrected chi connectivity index (χ4v) is 4.81. The standard InChI is InChI=1S/C30H34N2O10S/c1-36-20-15-26(39-4)22(27(16-20)40-5)11-13-43(34,35)32-19-8-9-25(38-3)23(14-19)31-12-10-24(33)30-28(41-6)17-21(37-2)18-29(30)42-7/h8-18,31-32H,1-7H3/b12-10-,13-11+. The predicted octanol–water partition coefficient (Wildman–Crippen LogP) is 4.97. The first-order chi connectivity index (χ1) is 20.6. The highest BCUT2D eigenvalue weighted by Crippen LogP contribution is 2.36. The van der Waals surface area contributed by atoms with Crippen LogP contribution in [-0.4, -0.2) is 64.0 Å². The van der Waals surface area contributed by atoms with Gasteiger partial charge in [-0.3, -0.25) is 9.52 Å². The summed E-state index contributed by atoms with van der Waals surface area (Å²) in [5.74, 6) is 2.24. The zero-order chi connectivity index (χ0) is 31.6. The average molecular weight is 615 g/mol. The van der Waals surface area contributed by atoms with Gasteiger partial charge in [-0.25, -0.2) is 8.42 Å². The Hall–Kier alpha value is -5.04. The minimum atomic E-state index is -3.98. The molecule has 3 aromatic carbocycles. The first-order valence-corrected chi connectivity index (χ1v) is 14.1. The monoisotopic (exact) mass is 614 g/mol. The summed E-state index contributed by atoms with van der Waals surface area (Å²) in [5.41, 5.74) is 1.24. The van der Waals surface area contributed by atoms with Gasteiger partial charge in [0.2, 0.25) is 0 Å². The summed E-state index contributed by atoms with van der Waals surface area (Å²) >= 11 is 0. The molecule has 13 heteroatoms. The molecule has 2 N–H and O–H groups in total. The number of benzene rings is 3. The summed E-state index contributed by atoms with van der Waals surface area (Å²) < 4.78 is 65.7. The van der Waals surface area contributed by atoms with Gasteiger partial charge in [-0.05, 0) is 24.3 Å². The van der Waals surface area contributed by atoms with E-state index in [0.717, 1.165) is 5.41 Å². The van der Waals surface area contributed by atoms with Crippen LogP contribution in [0.3, 0.4) is 0 Å². The number of sulfonamides is 1. The van der Waals surface area contributed by atoms with E-state index in [4.69, 9.17) is 33.2 Å². The van der Waals surface area contributed by atoms with Crippen LogP contribution in [0.1, 0.15) is 15.9 Å². The third-order valence-corrected chi connectivity index (χ3v) is 7.08. The number of ether oxygens (including phenoxy) is 7. The van der Waals surface area contributed by atoms with Gasteiger partial charge in [0.25, 0.3) is 10.0 Å². The first kappa shape index (κ1) is 32.5. The Kier molecular flexibility index (Phi) is 11.1. The van der Waals surface area contributed by atoms with Crippen LogP contribution in [0.2, 0.25) is 0 Å². The van der Waals surface area contributed by atoms with Gasteiger partial charge in [0.1, 0.15) is 45.8 Å². The Morgan fingerprint density at radius 2 is 1.19 bits per heavy atom. The van der Waals surface area contributed by atoms with E-state index in [2.05, 4.69) is 10.0 Å². The molecule has 0 saturated carbocycles. The van der Waals surface area contributed by atoms with Crippen LogP contribution in [0, 0.1) is 0 Å². The maximum Gasteiger partial charge on any atom is 0.255 e. The third-order valence-electron chi connectivity index (χ3n) is 6.06. The summed E-state index contributed by atoms with van der Waals surface area (Å²) in [4.78, 5) is 13.0. The third kappa shape index (κ3) is 8.04. The summed E-state index contributed by atoms with van der Waals surface area (Å²) in [6, 6.07) is 11.0. The maximum absolute atomic E-state index is 13.0. The number of carbonyl (C=O) groups excluding carboxylic acids is 1. The van der Waals surface area contributed by atoms with E-state index in [0.29, 0.717) is 40.0 Å². The van der Waals surface area contributed by atoms with Crippen LogP contribution in [0.5, 0.6) is 40.2 Å². The Bertz CT molecular complexity index is 1570. The minimum Gasteiger partial charge on any atom is -0.496 e. The summed E-state index contributed by atoms with van der Waals surface area (Å²) in [6.45, 7) is 0.